The normalized spacial score (nSPS) is 12.1. The number of carboxylic acids is 1. The number of carboxylic acid groups (broad SMARTS) is 1. The van der Waals surface area contributed by atoms with E-state index in [1.807, 2.05) is 17.5 Å². The number of furan rings is 1. The van der Waals surface area contributed by atoms with Crippen LogP contribution >= 0.6 is 27.3 Å². The van der Waals surface area contributed by atoms with E-state index in [0.29, 0.717) is 4.67 Å². The summed E-state index contributed by atoms with van der Waals surface area (Å²) in [4.78, 5) is 23.9. The zero-order valence-corrected chi connectivity index (χ0v) is 12.0. The van der Waals surface area contributed by atoms with Gasteiger partial charge in [0, 0.05) is 17.4 Å². The van der Waals surface area contributed by atoms with Gasteiger partial charge < -0.3 is 14.8 Å². The third-order valence-corrected chi connectivity index (χ3v) is 3.73. The second-order valence-electron chi connectivity index (χ2n) is 3.79. The molecule has 2 N–H and O–H groups in total. The molecule has 5 nitrogen and oxygen atoms in total. The number of hydrogen-bond acceptors (Lipinski definition) is 4. The molecule has 0 aliphatic carbocycles. The Labute approximate surface area is 121 Å². The van der Waals surface area contributed by atoms with Crippen molar-refractivity contribution < 1.29 is 19.1 Å². The lowest BCUT2D eigenvalue weighted by molar-refractivity contribution is -0.139. The van der Waals surface area contributed by atoms with Gasteiger partial charge in [0.1, 0.15) is 12.3 Å². The average Bonchev–Trinajstić information content (AvgIpc) is 2.99. The van der Waals surface area contributed by atoms with Gasteiger partial charge in [-0.15, -0.1) is 11.3 Å². The number of nitrogens with one attached hydrogen (secondary N) is 1. The molecule has 0 bridgehead atoms. The SMILES string of the molecule is O=C(NC(Cc1cccs1)C(=O)O)c1coc(Br)c1. The topological polar surface area (TPSA) is 79.5 Å². The van der Waals surface area contributed by atoms with Crippen molar-refractivity contribution >= 4 is 39.1 Å². The number of rotatable bonds is 5. The lowest BCUT2D eigenvalue weighted by Crippen LogP contribution is -2.42. The van der Waals surface area contributed by atoms with Crippen LogP contribution in [-0.2, 0) is 11.2 Å². The van der Waals surface area contributed by atoms with E-state index in [4.69, 9.17) is 9.52 Å². The molecule has 0 aliphatic rings. The summed E-state index contributed by atoms with van der Waals surface area (Å²) in [6, 6.07) is 4.20. The number of hydrogen-bond donors (Lipinski definition) is 2. The molecule has 0 aliphatic heterocycles. The van der Waals surface area contributed by atoms with E-state index in [9.17, 15) is 9.59 Å². The van der Waals surface area contributed by atoms with Gasteiger partial charge in [0.25, 0.3) is 5.91 Å². The summed E-state index contributed by atoms with van der Waals surface area (Å²) in [6.45, 7) is 0. The molecule has 19 heavy (non-hydrogen) atoms. The highest BCUT2D eigenvalue weighted by Gasteiger charge is 2.22. The van der Waals surface area contributed by atoms with Gasteiger partial charge in [-0.1, -0.05) is 6.07 Å². The molecule has 2 rings (SSSR count). The first kappa shape index (κ1) is 13.8. The number of carbonyl (C=O) groups is 2. The second-order valence-corrected chi connectivity index (χ2v) is 5.60. The lowest BCUT2D eigenvalue weighted by atomic mass is 10.1. The van der Waals surface area contributed by atoms with Gasteiger partial charge in [-0.3, -0.25) is 4.79 Å². The maximum atomic E-state index is 11.8. The Hall–Kier alpha value is -1.60. The van der Waals surface area contributed by atoms with Gasteiger partial charge in [-0.25, -0.2) is 4.79 Å². The fourth-order valence-electron chi connectivity index (χ4n) is 1.50. The Morgan fingerprint density at radius 2 is 2.32 bits per heavy atom. The predicted octanol–water partition coefficient (Wildman–Crippen LogP) is 2.53. The third kappa shape index (κ3) is 3.68. The zero-order valence-electron chi connectivity index (χ0n) is 9.63. The second kappa shape index (κ2) is 6.03. The van der Waals surface area contributed by atoms with Crippen LogP contribution in [0.1, 0.15) is 15.2 Å². The molecule has 7 heteroatoms. The highest BCUT2D eigenvalue weighted by atomic mass is 79.9. The van der Waals surface area contributed by atoms with Crippen LogP contribution in [0.25, 0.3) is 0 Å². The predicted molar refractivity (Wildman–Crippen MR) is 73.3 cm³/mol. The minimum absolute atomic E-state index is 0.262. The quantitative estimate of drug-likeness (QED) is 0.874. The first-order valence-electron chi connectivity index (χ1n) is 5.36. The molecule has 0 saturated heterocycles. The first-order valence-corrected chi connectivity index (χ1v) is 7.03. The van der Waals surface area contributed by atoms with Crippen molar-refractivity contribution in [2.75, 3.05) is 0 Å². The zero-order chi connectivity index (χ0) is 13.8. The fraction of sp³-hybridized carbons (Fsp3) is 0.167. The molecule has 1 unspecified atom stereocenters. The Morgan fingerprint density at radius 1 is 1.53 bits per heavy atom. The average molecular weight is 344 g/mol. The van der Waals surface area contributed by atoms with Crippen LogP contribution in [0, 0.1) is 0 Å². The van der Waals surface area contributed by atoms with E-state index in [2.05, 4.69) is 21.2 Å². The van der Waals surface area contributed by atoms with Gasteiger partial charge in [0.15, 0.2) is 4.67 Å². The van der Waals surface area contributed by atoms with Gasteiger partial charge in [-0.05, 0) is 27.4 Å². The summed E-state index contributed by atoms with van der Waals surface area (Å²) in [5.41, 5.74) is 0.282. The van der Waals surface area contributed by atoms with E-state index in [1.165, 1.54) is 23.7 Å². The minimum Gasteiger partial charge on any atom is -0.480 e. The van der Waals surface area contributed by atoms with Crippen molar-refractivity contribution in [3.63, 3.8) is 0 Å². The van der Waals surface area contributed by atoms with E-state index in [0.717, 1.165) is 4.88 Å². The monoisotopic (exact) mass is 343 g/mol. The minimum atomic E-state index is -1.07. The fourth-order valence-corrected chi connectivity index (χ4v) is 2.59. The highest BCUT2D eigenvalue weighted by Crippen LogP contribution is 2.15. The van der Waals surface area contributed by atoms with Gasteiger partial charge in [0.05, 0.1) is 5.56 Å². The Balaban J connectivity index is 2.04. The molecule has 0 radical (unpaired) electrons. The van der Waals surface area contributed by atoms with Crippen LogP contribution in [0.2, 0.25) is 0 Å². The van der Waals surface area contributed by atoms with Crippen molar-refractivity contribution in [1.82, 2.24) is 5.32 Å². The summed E-state index contributed by atoms with van der Waals surface area (Å²) in [7, 11) is 0. The van der Waals surface area contributed by atoms with Gasteiger partial charge in [0.2, 0.25) is 0 Å². The smallest absolute Gasteiger partial charge is 0.326 e. The molecule has 2 aromatic heterocycles. The molecule has 0 spiro atoms. The summed E-state index contributed by atoms with van der Waals surface area (Å²) in [5.74, 6) is -1.54. The summed E-state index contributed by atoms with van der Waals surface area (Å²) < 4.78 is 5.36. The molecule has 0 fully saturated rings. The van der Waals surface area contributed by atoms with Crippen LogP contribution in [0.15, 0.2) is 38.9 Å². The van der Waals surface area contributed by atoms with Gasteiger partial charge in [-0.2, -0.15) is 0 Å². The number of halogens is 1. The van der Waals surface area contributed by atoms with Crippen molar-refractivity contribution in [3.8, 4) is 0 Å². The lowest BCUT2D eigenvalue weighted by Gasteiger charge is -2.12. The molecule has 2 aromatic rings. The molecule has 100 valence electrons. The highest BCUT2D eigenvalue weighted by molar-refractivity contribution is 9.10. The molecule has 0 saturated carbocycles. The summed E-state index contributed by atoms with van der Waals surface area (Å²) in [6.07, 6.45) is 1.53. The standard InChI is InChI=1S/C12H10BrNO4S/c13-10-4-7(6-18-10)11(15)14-9(12(16)17)5-8-2-1-3-19-8/h1-4,6,9H,5H2,(H,14,15)(H,16,17). The maximum Gasteiger partial charge on any atom is 0.326 e. The maximum absolute atomic E-state index is 11.8. The molecule has 1 atom stereocenters. The van der Waals surface area contributed by atoms with Crippen LogP contribution in [0.3, 0.4) is 0 Å². The Morgan fingerprint density at radius 3 is 2.84 bits per heavy atom. The largest absolute Gasteiger partial charge is 0.480 e. The molecule has 0 aromatic carbocycles. The van der Waals surface area contributed by atoms with Crippen molar-refractivity contribution in [2.24, 2.45) is 0 Å². The van der Waals surface area contributed by atoms with Crippen molar-refractivity contribution in [2.45, 2.75) is 12.5 Å². The number of aliphatic carboxylic acids is 1. The molecule has 2 heterocycles. The van der Waals surface area contributed by atoms with E-state index in [-0.39, 0.29) is 12.0 Å². The number of amides is 1. The van der Waals surface area contributed by atoms with E-state index < -0.39 is 17.9 Å². The summed E-state index contributed by atoms with van der Waals surface area (Å²) in [5, 5.41) is 13.5. The van der Waals surface area contributed by atoms with Crippen molar-refractivity contribution in [1.29, 1.82) is 0 Å². The van der Waals surface area contributed by atoms with E-state index in [1.54, 1.807) is 0 Å². The number of carbonyl (C=O) groups excluding carboxylic acids is 1. The van der Waals surface area contributed by atoms with Crippen LogP contribution in [-0.4, -0.2) is 23.0 Å². The van der Waals surface area contributed by atoms with Crippen LogP contribution < -0.4 is 5.32 Å². The first-order chi connectivity index (χ1) is 9.06. The Bertz CT molecular complexity index is 578. The number of thiophene rings is 1. The van der Waals surface area contributed by atoms with Gasteiger partial charge >= 0.3 is 5.97 Å². The van der Waals surface area contributed by atoms with Crippen LogP contribution in [0.4, 0.5) is 0 Å². The van der Waals surface area contributed by atoms with Crippen molar-refractivity contribution in [3.05, 3.63) is 45.0 Å². The third-order valence-electron chi connectivity index (χ3n) is 2.42. The van der Waals surface area contributed by atoms with Crippen LogP contribution in [0.5, 0.6) is 0 Å². The summed E-state index contributed by atoms with van der Waals surface area (Å²) >= 11 is 4.54. The Kier molecular flexibility index (Phi) is 4.39. The molecule has 1 amide bonds. The van der Waals surface area contributed by atoms with E-state index >= 15 is 0 Å². The molecular formula is C12H10BrNO4S. The molecular weight excluding hydrogens is 334 g/mol.